The number of carbonyl (C=O) groups is 2. The first-order valence-electron chi connectivity index (χ1n) is 9.39. The van der Waals surface area contributed by atoms with Crippen molar-refractivity contribution in [3.63, 3.8) is 0 Å². The Bertz CT molecular complexity index is 877. The zero-order valence-electron chi connectivity index (χ0n) is 16.7. The minimum absolute atomic E-state index is 0.0339. The highest BCUT2D eigenvalue weighted by atomic mass is 16.5. The Balaban J connectivity index is 1.72. The van der Waals surface area contributed by atoms with E-state index in [1.807, 2.05) is 37.3 Å². The Morgan fingerprint density at radius 3 is 2.39 bits per heavy atom. The lowest BCUT2D eigenvalue weighted by molar-refractivity contribution is -0.122. The Hall–Kier alpha value is -3.02. The van der Waals surface area contributed by atoms with Crippen LogP contribution < -0.4 is 19.7 Å². The molecule has 1 aliphatic rings. The molecule has 3 rings (SSSR count). The summed E-state index contributed by atoms with van der Waals surface area (Å²) in [5.41, 5.74) is 3.57. The van der Waals surface area contributed by atoms with E-state index in [0.717, 1.165) is 17.7 Å². The van der Waals surface area contributed by atoms with Gasteiger partial charge in [0, 0.05) is 30.4 Å². The summed E-state index contributed by atoms with van der Waals surface area (Å²) in [6.45, 7) is 4.36. The molecule has 1 fully saturated rings. The van der Waals surface area contributed by atoms with Crippen LogP contribution in [0.15, 0.2) is 36.4 Å². The fraction of sp³-hybridized carbons (Fsp3) is 0.364. The van der Waals surface area contributed by atoms with Gasteiger partial charge in [0.05, 0.1) is 20.1 Å². The molecule has 0 spiro atoms. The molecular weight excluding hydrogens is 356 g/mol. The van der Waals surface area contributed by atoms with Gasteiger partial charge < -0.3 is 19.7 Å². The monoisotopic (exact) mass is 382 g/mol. The third kappa shape index (κ3) is 3.96. The smallest absolute Gasteiger partial charge is 0.229 e. The number of anilines is 2. The number of hydrogen-bond donors (Lipinski definition) is 1. The number of nitrogens with zero attached hydrogens (tertiary/aromatic N) is 1. The molecule has 2 aromatic carbocycles. The third-order valence-electron chi connectivity index (χ3n) is 5.14. The van der Waals surface area contributed by atoms with Crippen LogP contribution in [0, 0.1) is 12.8 Å². The maximum absolute atomic E-state index is 12.8. The predicted octanol–water partition coefficient (Wildman–Crippen LogP) is 3.57. The summed E-state index contributed by atoms with van der Waals surface area (Å²) in [7, 11) is 3.12. The lowest BCUT2D eigenvalue weighted by Gasteiger charge is -2.18. The maximum atomic E-state index is 12.8. The van der Waals surface area contributed by atoms with Crippen LogP contribution in [0.3, 0.4) is 0 Å². The van der Waals surface area contributed by atoms with Gasteiger partial charge in [-0.2, -0.15) is 0 Å². The van der Waals surface area contributed by atoms with E-state index in [-0.39, 0.29) is 18.2 Å². The van der Waals surface area contributed by atoms with Crippen LogP contribution in [-0.4, -0.2) is 32.6 Å². The molecule has 0 aliphatic carbocycles. The Morgan fingerprint density at radius 1 is 1.14 bits per heavy atom. The molecule has 1 unspecified atom stereocenters. The number of ether oxygens (including phenoxy) is 2. The van der Waals surface area contributed by atoms with E-state index in [9.17, 15) is 9.59 Å². The van der Waals surface area contributed by atoms with Gasteiger partial charge in [-0.1, -0.05) is 19.1 Å². The average molecular weight is 382 g/mol. The standard InChI is InChI=1S/C22H26N2O4/c1-5-15-6-8-17(9-7-15)24-13-16(11-21(24)25)22(26)23-18-12-20(28-4)19(27-3)10-14(18)2/h6-10,12,16H,5,11,13H2,1-4H3,(H,23,26). The first kappa shape index (κ1) is 19.7. The van der Waals surface area contributed by atoms with Crippen molar-refractivity contribution in [2.75, 3.05) is 31.0 Å². The van der Waals surface area contributed by atoms with Crippen molar-refractivity contribution >= 4 is 23.2 Å². The van der Waals surface area contributed by atoms with Gasteiger partial charge in [0.1, 0.15) is 0 Å². The summed E-state index contributed by atoms with van der Waals surface area (Å²) in [5, 5.41) is 2.94. The number of rotatable bonds is 6. The molecule has 6 heteroatoms. The van der Waals surface area contributed by atoms with Gasteiger partial charge in [0.2, 0.25) is 11.8 Å². The van der Waals surface area contributed by atoms with Gasteiger partial charge in [0.25, 0.3) is 0 Å². The van der Waals surface area contributed by atoms with Crippen molar-refractivity contribution < 1.29 is 19.1 Å². The molecule has 0 aromatic heterocycles. The molecule has 28 heavy (non-hydrogen) atoms. The summed E-state index contributed by atoms with van der Waals surface area (Å²) in [5.74, 6) is 0.551. The molecule has 0 bridgehead atoms. The predicted molar refractivity (Wildman–Crippen MR) is 109 cm³/mol. The average Bonchev–Trinajstić information content (AvgIpc) is 3.11. The Kier molecular flexibility index (Phi) is 5.87. The maximum Gasteiger partial charge on any atom is 0.229 e. The highest BCUT2D eigenvalue weighted by Crippen LogP contribution is 2.34. The van der Waals surface area contributed by atoms with Gasteiger partial charge in [-0.3, -0.25) is 9.59 Å². The minimum atomic E-state index is -0.397. The molecule has 0 saturated carbocycles. The first-order valence-corrected chi connectivity index (χ1v) is 9.39. The lowest BCUT2D eigenvalue weighted by atomic mass is 10.1. The fourth-order valence-corrected chi connectivity index (χ4v) is 3.39. The second-order valence-electron chi connectivity index (χ2n) is 6.94. The van der Waals surface area contributed by atoms with Gasteiger partial charge in [0.15, 0.2) is 11.5 Å². The number of nitrogens with one attached hydrogen (secondary N) is 1. The van der Waals surface area contributed by atoms with E-state index in [2.05, 4.69) is 12.2 Å². The Labute approximate surface area is 165 Å². The molecule has 0 radical (unpaired) electrons. The van der Waals surface area contributed by atoms with Crippen molar-refractivity contribution in [2.45, 2.75) is 26.7 Å². The number of hydrogen-bond acceptors (Lipinski definition) is 4. The molecule has 148 valence electrons. The number of methoxy groups -OCH3 is 2. The van der Waals surface area contributed by atoms with Crippen LogP contribution in [0.2, 0.25) is 0 Å². The van der Waals surface area contributed by atoms with E-state index in [4.69, 9.17) is 9.47 Å². The molecule has 1 saturated heterocycles. The van der Waals surface area contributed by atoms with E-state index in [0.29, 0.717) is 23.7 Å². The van der Waals surface area contributed by atoms with Crippen LogP contribution >= 0.6 is 0 Å². The fourth-order valence-electron chi connectivity index (χ4n) is 3.39. The van der Waals surface area contributed by atoms with Crippen LogP contribution in [0.1, 0.15) is 24.5 Å². The number of aryl methyl sites for hydroxylation is 2. The third-order valence-corrected chi connectivity index (χ3v) is 5.14. The van der Waals surface area contributed by atoms with Crippen LogP contribution in [0.4, 0.5) is 11.4 Å². The SMILES string of the molecule is CCc1ccc(N2CC(C(=O)Nc3cc(OC)c(OC)cc3C)CC2=O)cc1. The summed E-state index contributed by atoms with van der Waals surface area (Å²) in [6, 6.07) is 11.5. The van der Waals surface area contributed by atoms with Crippen molar-refractivity contribution in [2.24, 2.45) is 5.92 Å². The highest BCUT2D eigenvalue weighted by Gasteiger charge is 2.35. The van der Waals surface area contributed by atoms with E-state index >= 15 is 0 Å². The van der Waals surface area contributed by atoms with Crippen LogP contribution in [0.5, 0.6) is 11.5 Å². The molecule has 1 atom stereocenters. The summed E-state index contributed by atoms with van der Waals surface area (Å²) >= 11 is 0. The molecule has 2 amide bonds. The molecule has 1 N–H and O–H groups in total. The van der Waals surface area contributed by atoms with Crippen LogP contribution in [0.25, 0.3) is 0 Å². The first-order chi connectivity index (χ1) is 13.5. The molecule has 1 aliphatic heterocycles. The largest absolute Gasteiger partial charge is 0.493 e. The number of benzene rings is 2. The molecule has 6 nitrogen and oxygen atoms in total. The van der Waals surface area contributed by atoms with E-state index < -0.39 is 5.92 Å². The Morgan fingerprint density at radius 2 is 1.79 bits per heavy atom. The summed E-state index contributed by atoms with van der Waals surface area (Å²) < 4.78 is 10.6. The highest BCUT2D eigenvalue weighted by molar-refractivity contribution is 6.03. The molecular formula is C22H26N2O4. The van der Waals surface area contributed by atoms with Gasteiger partial charge in [-0.15, -0.1) is 0 Å². The normalized spacial score (nSPS) is 16.2. The number of amides is 2. The van der Waals surface area contributed by atoms with Crippen molar-refractivity contribution in [3.05, 3.63) is 47.5 Å². The number of carbonyl (C=O) groups excluding carboxylic acids is 2. The van der Waals surface area contributed by atoms with Gasteiger partial charge in [-0.05, 0) is 42.7 Å². The quantitative estimate of drug-likeness (QED) is 0.829. The zero-order valence-corrected chi connectivity index (χ0v) is 16.7. The van der Waals surface area contributed by atoms with Crippen LogP contribution in [-0.2, 0) is 16.0 Å². The van der Waals surface area contributed by atoms with Gasteiger partial charge in [-0.25, -0.2) is 0 Å². The van der Waals surface area contributed by atoms with E-state index in [1.165, 1.54) is 5.56 Å². The lowest BCUT2D eigenvalue weighted by Crippen LogP contribution is -2.28. The summed E-state index contributed by atoms with van der Waals surface area (Å²) in [4.78, 5) is 26.9. The summed E-state index contributed by atoms with van der Waals surface area (Å²) in [6.07, 6.45) is 1.15. The van der Waals surface area contributed by atoms with Crippen molar-refractivity contribution in [1.82, 2.24) is 0 Å². The zero-order chi connectivity index (χ0) is 20.3. The van der Waals surface area contributed by atoms with Crippen molar-refractivity contribution in [1.29, 1.82) is 0 Å². The molecule has 2 aromatic rings. The van der Waals surface area contributed by atoms with Gasteiger partial charge >= 0.3 is 0 Å². The topological polar surface area (TPSA) is 67.9 Å². The minimum Gasteiger partial charge on any atom is -0.493 e. The molecule has 1 heterocycles. The van der Waals surface area contributed by atoms with Crippen molar-refractivity contribution in [3.8, 4) is 11.5 Å². The second kappa shape index (κ2) is 8.33. The van der Waals surface area contributed by atoms with E-state index in [1.54, 1.807) is 25.2 Å². The second-order valence-corrected chi connectivity index (χ2v) is 6.94.